The molecular formula is C17H24N2O. The van der Waals surface area contributed by atoms with Crippen LogP contribution in [0.4, 0.5) is 0 Å². The number of para-hydroxylation sites is 1. The summed E-state index contributed by atoms with van der Waals surface area (Å²) < 4.78 is 0. The zero-order chi connectivity index (χ0) is 14.5. The molecule has 0 fully saturated rings. The van der Waals surface area contributed by atoms with Crippen molar-refractivity contribution in [2.24, 2.45) is 0 Å². The van der Waals surface area contributed by atoms with Gasteiger partial charge in [-0.15, -0.1) is 0 Å². The molecule has 1 heterocycles. The highest BCUT2D eigenvalue weighted by atomic mass is 16.2. The highest BCUT2D eigenvalue weighted by Crippen LogP contribution is 2.20. The predicted octanol–water partition coefficient (Wildman–Crippen LogP) is 4.21. The third-order valence-corrected chi connectivity index (χ3v) is 3.70. The monoisotopic (exact) mass is 272 g/mol. The molecule has 0 aliphatic carbocycles. The van der Waals surface area contributed by atoms with Crippen LogP contribution in [0.5, 0.6) is 0 Å². The van der Waals surface area contributed by atoms with Crippen molar-refractivity contribution in [3.63, 3.8) is 0 Å². The Balaban J connectivity index is 2.24. The lowest BCUT2D eigenvalue weighted by Gasteiger charge is -2.27. The van der Waals surface area contributed by atoms with Gasteiger partial charge in [-0.3, -0.25) is 4.79 Å². The number of fused-ring (bicyclic) bond motifs is 1. The van der Waals surface area contributed by atoms with E-state index in [2.05, 4.69) is 25.8 Å². The Morgan fingerprint density at radius 1 is 1.25 bits per heavy atom. The number of rotatable bonds is 6. The van der Waals surface area contributed by atoms with E-state index in [0.717, 1.165) is 29.4 Å². The zero-order valence-electron chi connectivity index (χ0n) is 12.6. The molecule has 3 heteroatoms. The topological polar surface area (TPSA) is 36.1 Å². The van der Waals surface area contributed by atoms with Gasteiger partial charge in [0.1, 0.15) is 0 Å². The minimum atomic E-state index is 0.129. The fourth-order valence-corrected chi connectivity index (χ4v) is 2.54. The van der Waals surface area contributed by atoms with E-state index >= 15 is 0 Å². The van der Waals surface area contributed by atoms with E-state index < -0.39 is 0 Å². The first-order valence-corrected chi connectivity index (χ1v) is 7.52. The molecule has 108 valence electrons. The van der Waals surface area contributed by atoms with E-state index in [1.807, 2.05) is 35.4 Å². The van der Waals surface area contributed by atoms with Crippen molar-refractivity contribution >= 4 is 16.8 Å². The van der Waals surface area contributed by atoms with E-state index in [1.54, 1.807) is 0 Å². The molecule has 0 unspecified atom stereocenters. The minimum Gasteiger partial charge on any atom is -0.361 e. The second-order valence-electron chi connectivity index (χ2n) is 5.55. The van der Waals surface area contributed by atoms with Gasteiger partial charge in [0.05, 0.1) is 11.1 Å². The van der Waals surface area contributed by atoms with Gasteiger partial charge in [-0.2, -0.15) is 0 Å². The molecule has 1 aromatic heterocycles. The maximum absolute atomic E-state index is 12.8. The molecule has 20 heavy (non-hydrogen) atoms. The maximum Gasteiger partial charge on any atom is 0.256 e. The molecule has 1 amide bonds. The molecule has 0 saturated carbocycles. The zero-order valence-corrected chi connectivity index (χ0v) is 12.6. The summed E-state index contributed by atoms with van der Waals surface area (Å²) in [6.45, 7) is 7.18. The fraction of sp³-hybridized carbons (Fsp3) is 0.471. The Kier molecular flexibility index (Phi) is 4.83. The van der Waals surface area contributed by atoms with Gasteiger partial charge in [0.2, 0.25) is 0 Å². The first kappa shape index (κ1) is 14.6. The smallest absolute Gasteiger partial charge is 0.256 e. The Morgan fingerprint density at radius 2 is 2.05 bits per heavy atom. The Labute approximate surface area is 121 Å². The van der Waals surface area contributed by atoms with E-state index in [9.17, 15) is 4.79 Å². The van der Waals surface area contributed by atoms with Crippen LogP contribution in [-0.4, -0.2) is 28.4 Å². The van der Waals surface area contributed by atoms with Gasteiger partial charge in [0, 0.05) is 24.2 Å². The van der Waals surface area contributed by atoms with Crippen LogP contribution in [0.15, 0.2) is 30.5 Å². The van der Waals surface area contributed by atoms with Crippen LogP contribution in [0, 0.1) is 0 Å². The van der Waals surface area contributed by atoms with E-state index in [-0.39, 0.29) is 11.9 Å². The van der Waals surface area contributed by atoms with Gasteiger partial charge < -0.3 is 9.88 Å². The molecule has 1 N–H and O–H groups in total. The van der Waals surface area contributed by atoms with Crippen LogP contribution >= 0.6 is 0 Å². The summed E-state index contributed by atoms with van der Waals surface area (Å²) in [5.41, 5.74) is 1.72. The molecule has 0 aliphatic heterocycles. The van der Waals surface area contributed by atoms with Gasteiger partial charge in [0.15, 0.2) is 0 Å². The molecule has 0 atom stereocenters. The lowest BCUT2D eigenvalue weighted by atomic mass is 10.1. The number of amides is 1. The molecule has 2 aromatic rings. The van der Waals surface area contributed by atoms with Crippen molar-refractivity contribution in [2.45, 2.75) is 46.1 Å². The summed E-state index contributed by atoms with van der Waals surface area (Å²) in [5.74, 6) is 0.129. The van der Waals surface area contributed by atoms with Crippen molar-refractivity contribution in [1.82, 2.24) is 9.88 Å². The Bertz CT molecular complexity index is 571. The summed E-state index contributed by atoms with van der Waals surface area (Å²) in [7, 11) is 0. The Hall–Kier alpha value is -1.77. The molecule has 0 radical (unpaired) electrons. The number of aromatic nitrogens is 1. The van der Waals surface area contributed by atoms with Crippen LogP contribution in [-0.2, 0) is 0 Å². The number of carbonyl (C=O) groups is 1. The van der Waals surface area contributed by atoms with Gasteiger partial charge in [-0.25, -0.2) is 0 Å². The second kappa shape index (κ2) is 6.60. The molecule has 0 bridgehead atoms. The normalized spacial score (nSPS) is 11.2. The lowest BCUT2D eigenvalue weighted by Crippen LogP contribution is -2.37. The van der Waals surface area contributed by atoms with Gasteiger partial charge in [-0.05, 0) is 32.4 Å². The Morgan fingerprint density at radius 3 is 2.75 bits per heavy atom. The molecule has 2 rings (SSSR count). The largest absolute Gasteiger partial charge is 0.361 e. The third kappa shape index (κ3) is 3.03. The molecule has 0 spiro atoms. The van der Waals surface area contributed by atoms with Crippen molar-refractivity contribution in [3.8, 4) is 0 Å². The number of nitrogens with one attached hydrogen (secondary N) is 1. The summed E-state index contributed by atoms with van der Waals surface area (Å²) in [5, 5.41) is 1.09. The fourth-order valence-electron chi connectivity index (χ4n) is 2.54. The van der Waals surface area contributed by atoms with Crippen molar-refractivity contribution in [3.05, 3.63) is 36.0 Å². The highest BCUT2D eigenvalue weighted by molar-refractivity contribution is 6.05. The highest BCUT2D eigenvalue weighted by Gasteiger charge is 2.20. The molecule has 0 saturated heterocycles. The third-order valence-electron chi connectivity index (χ3n) is 3.70. The van der Waals surface area contributed by atoms with E-state index in [0.29, 0.717) is 0 Å². The standard InChI is InChI=1S/C17H24N2O/c1-4-5-6-12-19(13(2)3)17(20)15-9-7-8-14-10-11-18-16(14)15/h7-11,13,18H,4-6,12H2,1-3H3. The minimum absolute atomic E-state index is 0.129. The van der Waals surface area contributed by atoms with Crippen molar-refractivity contribution in [1.29, 1.82) is 0 Å². The van der Waals surface area contributed by atoms with E-state index in [4.69, 9.17) is 0 Å². The first-order valence-electron chi connectivity index (χ1n) is 7.52. The number of H-pyrrole nitrogens is 1. The summed E-state index contributed by atoms with van der Waals surface area (Å²) in [6.07, 6.45) is 5.30. The maximum atomic E-state index is 12.8. The average molecular weight is 272 g/mol. The van der Waals surface area contributed by atoms with Crippen LogP contribution in [0.25, 0.3) is 10.9 Å². The number of aromatic amines is 1. The number of nitrogens with zero attached hydrogens (tertiary/aromatic N) is 1. The lowest BCUT2D eigenvalue weighted by molar-refractivity contribution is 0.0704. The number of hydrogen-bond donors (Lipinski definition) is 1. The average Bonchev–Trinajstić information content (AvgIpc) is 2.90. The second-order valence-corrected chi connectivity index (χ2v) is 5.55. The quantitative estimate of drug-likeness (QED) is 0.786. The number of carbonyl (C=O) groups excluding carboxylic acids is 1. The van der Waals surface area contributed by atoms with Crippen LogP contribution in [0.2, 0.25) is 0 Å². The molecular weight excluding hydrogens is 248 g/mol. The predicted molar refractivity (Wildman–Crippen MR) is 84.0 cm³/mol. The first-order chi connectivity index (χ1) is 9.65. The number of hydrogen-bond acceptors (Lipinski definition) is 1. The summed E-state index contributed by atoms with van der Waals surface area (Å²) in [6, 6.07) is 8.12. The van der Waals surface area contributed by atoms with Crippen molar-refractivity contribution < 1.29 is 4.79 Å². The van der Waals surface area contributed by atoms with Gasteiger partial charge >= 0.3 is 0 Å². The van der Waals surface area contributed by atoms with Crippen LogP contribution < -0.4 is 0 Å². The SMILES string of the molecule is CCCCCN(C(=O)c1cccc2cc[nH]c12)C(C)C. The van der Waals surface area contributed by atoms with Gasteiger partial charge in [0.25, 0.3) is 5.91 Å². The van der Waals surface area contributed by atoms with Crippen LogP contribution in [0.1, 0.15) is 50.4 Å². The molecule has 0 aliphatic rings. The van der Waals surface area contributed by atoms with Crippen LogP contribution in [0.3, 0.4) is 0 Å². The number of unbranched alkanes of at least 4 members (excludes halogenated alkanes) is 2. The van der Waals surface area contributed by atoms with E-state index in [1.165, 1.54) is 12.8 Å². The summed E-state index contributed by atoms with van der Waals surface area (Å²) in [4.78, 5) is 18.0. The van der Waals surface area contributed by atoms with Gasteiger partial charge in [-0.1, -0.05) is 31.9 Å². The molecule has 1 aromatic carbocycles. The summed E-state index contributed by atoms with van der Waals surface area (Å²) >= 11 is 0. The number of benzene rings is 1. The van der Waals surface area contributed by atoms with Crippen molar-refractivity contribution in [2.75, 3.05) is 6.54 Å². The molecule has 3 nitrogen and oxygen atoms in total.